The summed E-state index contributed by atoms with van der Waals surface area (Å²) in [6.07, 6.45) is 7.72. The Labute approximate surface area is 206 Å². The minimum Gasteiger partial charge on any atom is -0.492 e. The third-order valence-electron chi connectivity index (χ3n) is 6.71. The molecule has 0 aliphatic carbocycles. The molecule has 0 bridgehead atoms. The maximum Gasteiger partial charge on any atom is 0.255 e. The van der Waals surface area contributed by atoms with Crippen molar-refractivity contribution in [3.8, 4) is 22.8 Å². The molecule has 1 atom stereocenters. The molecular formula is C26H25FN6O3. The standard InChI is InChI=1S/C26H25FN6O3/c1-35-25-18(27)3-2-4-20(25)32-24-22-19(9-11-29-26(22)34)31-23(24)17-8-10-28-13-21(17)36-14-16-6-5-15-7-12-30-33(15)16/h2-4,7-8,10,12-13,16,31-32H,5-6,9,11,14H2,1H3,(H,29,34). The van der Waals surface area contributed by atoms with E-state index in [9.17, 15) is 9.18 Å². The van der Waals surface area contributed by atoms with Crippen molar-refractivity contribution < 1.29 is 18.7 Å². The molecule has 1 unspecified atom stereocenters. The van der Waals surface area contributed by atoms with Crippen molar-refractivity contribution in [3.05, 3.63) is 71.7 Å². The molecule has 5 heterocycles. The molecule has 2 aliphatic rings. The molecule has 1 amide bonds. The van der Waals surface area contributed by atoms with Gasteiger partial charge in [-0.05, 0) is 37.1 Å². The molecule has 0 saturated carbocycles. The molecule has 0 radical (unpaired) electrons. The number of halogens is 1. The SMILES string of the molecule is COc1c(F)cccc1Nc1c(-c2ccncc2OCC2CCc3ccnn32)[nH]c2c1C(=O)NCC2. The quantitative estimate of drug-likeness (QED) is 0.363. The van der Waals surface area contributed by atoms with E-state index < -0.39 is 5.82 Å². The lowest BCUT2D eigenvalue weighted by Gasteiger charge is -2.18. The molecule has 1 aromatic carbocycles. The average molecular weight is 489 g/mol. The largest absolute Gasteiger partial charge is 0.492 e. The van der Waals surface area contributed by atoms with Crippen LogP contribution in [-0.2, 0) is 12.8 Å². The van der Waals surface area contributed by atoms with E-state index in [0.717, 1.165) is 24.1 Å². The molecule has 3 aromatic heterocycles. The lowest BCUT2D eigenvalue weighted by molar-refractivity contribution is 0.0947. The molecule has 9 nitrogen and oxygen atoms in total. The Hall–Kier alpha value is -4.34. The lowest BCUT2D eigenvalue weighted by Crippen LogP contribution is -2.31. The van der Waals surface area contributed by atoms with Crippen LogP contribution < -0.4 is 20.1 Å². The van der Waals surface area contributed by atoms with Gasteiger partial charge in [-0.25, -0.2) is 4.39 Å². The lowest BCUT2D eigenvalue weighted by atomic mass is 10.0. The number of para-hydroxylation sites is 1. The second-order valence-corrected chi connectivity index (χ2v) is 8.82. The maximum atomic E-state index is 14.4. The number of nitrogens with zero attached hydrogens (tertiary/aromatic N) is 3. The number of carbonyl (C=O) groups excluding carboxylic acids is 1. The number of H-pyrrole nitrogens is 1. The number of fused-ring (bicyclic) bond motifs is 2. The summed E-state index contributed by atoms with van der Waals surface area (Å²) in [6.45, 7) is 0.969. The maximum absolute atomic E-state index is 14.4. The number of methoxy groups -OCH3 is 1. The van der Waals surface area contributed by atoms with Gasteiger partial charge in [0.15, 0.2) is 11.6 Å². The van der Waals surface area contributed by atoms with Gasteiger partial charge < -0.3 is 25.1 Å². The molecule has 10 heteroatoms. The zero-order valence-electron chi connectivity index (χ0n) is 19.7. The van der Waals surface area contributed by atoms with E-state index in [0.29, 0.717) is 48.0 Å². The van der Waals surface area contributed by atoms with Crippen LogP contribution in [0, 0.1) is 5.82 Å². The number of anilines is 2. The topological polar surface area (TPSA) is 106 Å². The molecule has 4 aromatic rings. The van der Waals surface area contributed by atoms with Crippen LogP contribution in [0.3, 0.4) is 0 Å². The number of hydrogen-bond acceptors (Lipinski definition) is 6. The highest BCUT2D eigenvalue weighted by atomic mass is 19.1. The van der Waals surface area contributed by atoms with E-state index in [2.05, 4.69) is 25.7 Å². The van der Waals surface area contributed by atoms with Crippen LogP contribution in [0.25, 0.3) is 11.3 Å². The van der Waals surface area contributed by atoms with Crippen LogP contribution in [0.5, 0.6) is 11.5 Å². The van der Waals surface area contributed by atoms with Gasteiger partial charge in [-0.1, -0.05) is 6.07 Å². The predicted molar refractivity (Wildman–Crippen MR) is 131 cm³/mol. The molecule has 184 valence electrons. The fraction of sp³-hybridized carbons (Fsp3) is 0.269. The van der Waals surface area contributed by atoms with Gasteiger partial charge in [0, 0.05) is 42.3 Å². The molecule has 6 rings (SSSR count). The summed E-state index contributed by atoms with van der Waals surface area (Å²) >= 11 is 0. The van der Waals surface area contributed by atoms with Crippen LogP contribution in [0.15, 0.2) is 48.9 Å². The number of aromatic amines is 1. The summed E-state index contributed by atoms with van der Waals surface area (Å²) in [5, 5.41) is 10.6. The second kappa shape index (κ2) is 9.03. The van der Waals surface area contributed by atoms with E-state index >= 15 is 0 Å². The van der Waals surface area contributed by atoms with Gasteiger partial charge in [0.05, 0.1) is 42.0 Å². The first-order valence-corrected chi connectivity index (χ1v) is 11.9. The summed E-state index contributed by atoms with van der Waals surface area (Å²) in [5.41, 5.74) is 4.82. The Morgan fingerprint density at radius 3 is 3.03 bits per heavy atom. The number of nitrogens with one attached hydrogen (secondary N) is 3. The fourth-order valence-corrected chi connectivity index (χ4v) is 5.00. The zero-order chi connectivity index (χ0) is 24.6. The number of pyridine rings is 1. The number of ether oxygens (including phenoxy) is 2. The molecule has 0 fully saturated rings. The summed E-state index contributed by atoms with van der Waals surface area (Å²) in [5.74, 6) is -0.0610. The molecule has 0 spiro atoms. The third kappa shape index (κ3) is 3.74. The fourth-order valence-electron chi connectivity index (χ4n) is 5.00. The Kier molecular flexibility index (Phi) is 5.55. The Morgan fingerprint density at radius 2 is 2.14 bits per heavy atom. The summed E-state index contributed by atoms with van der Waals surface area (Å²) in [7, 11) is 1.41. The van der Waals surface area contributed by atoms with Gasteiger partial charge in [0.2, 0.25) is 0 Å². The van der Waals surface area contributed by atoms with Crippen molar-refractivity contribution in [2.75, 3.05) is 25.6 Å². The minimum absolute atomic E-state index is 0.0667. The zero-order valence-corrected chi connectivity index (χ0v) is 19.7. The number of aryl methyl sites for hydroxylation is 1. The van der Waals surface area contributed by atoms with Gasteiger partial charge in [0.1, 0.15) is 12.4 Å². The van der Waals surface area contributed by atoms with Crippen LogP contribution in [-0.4, -0.2) is 45.9 Å². The van der Waals surface area contributed by atoms with Gasteiger partial charge in [-0.15, -0.1) is 0 Å². The van der Waals surface area contributed by atoms with E-state index in [1.54, 1.807) is 24.5 Å². The smallest absolute Gasteiger partial charge is 0.255 e. The molecule has 2 aliphatic heterocycles. The van der Waals surface area contributed by atoms with E-state index in [4.69, 9.17) is 9.47 Å². The monoisotopic (exact) mass is 488 g/mol. The predicted octanol–water partition coefficient (Wildman–Crippen LogP) is 4.02. The number of rotatable bonds is 7. The van der Waals surface area contributed by atoms with E-state index in [1.807, 2.05) is 23.0 Å². The van der Waals surface area contributed by atoms with Crippen molar-refractivity contribution in [2.45, 2.75) is 25.3 Å². The number of amides is 1. The summed E-state index contributed by atoms with van der Waals surface area (Å²) in [6, 6.07) is 8.63. The van der Waals surface area contributed by atoms with Crippen LogP contribution in [0.4, 0.5) is 15.8 Å². The average Bonchev–Trinajstić information content (AvgIpc) is 3.59. The number of hydrogen-bond donors (Lipinski definition) is 3. The Morgan fingerprint density at radius 1 is 1.22 bits per heavy atom. The third-order valence-corrected chi connectivity index (χ3v) is 6.71. The van der Waals surface area contributed by atoms with Crippen LogP contribution >= 0.6 is 0 Å². The summed E-state index contributed by atoms with van der Waals surface area (Å²) in [4.78, 5) is 20.6. The van der Waals surface area contributed by atoms with Gasteiger partial charge in [-0.3, -0.25) is 14.5 Å². The first-order chi connectivity index (χ1) is 17.6. The van der Waals surface area contributed by atoms with Crippen molar-refractivity contribution in [2.24, 2.45) is 0 Å². The number of carbonyl (C=O) groups is 1. The van der Waals surface area contributed by atoms with Crippen molar-refractivity contribution in [1.82, 2.24) is 25.1 Å². The molecule has 36 heavy (non-hydrogen) atoms. The first-order valence-electron chi connectivity index (χ1n) is 11.9. The highest BCUT2D eigenvalue weighted by Gasteiger charge is 2.29. The van der Waals surface area contributed by atoms with Crippen molar-refractivity contribution in [3.63, 3.8) is 0 Å². The Bertz CT molecular complexity index is 1450. The van der Waals surface area contributed by atoms with Gasteiger partial charge >= 0.3 is 0 Å². The number of aromatic nitrogens is 4. The number of benzene rings is 1. The van der Waals surface area contributed by atoms with E-state index in [-0.39, 0.29) is 17.7 Å². The van der Waals surface area contributed by atoms with Crippen molar-refractivity contribution >= 4 is 17.3 Å². The van der Waals surface area contributed by atoms with Gasteiger partial charge in [-0.2, -0.15) is 5.10 Å². The van der Waals surface area contributed by atoms with Crippen LogP contribution in [0.1, 0.15) is 34.2 Å². The normalized spacial score (nSPS) is 16.3. The van der Waals surface area contributed by atoms with Crippen LogP contribution in [0.2, 0.25) is 0 Å². The van der Waals surface area contributed by atoms with E-state index in [1.165, 1.54) is 18.9 Å². The minimum atomic E-state index is -0.500. The Balaban J connectivity index is 1.39. The molecule has 0 saturated heterocycles. The second-order valence-electron chi connectivity index (χ2n) is 8.82. The van der Waals surface area contributed by atoms with Gasteiger partial charge in [0.25, 0.3) is 5.91 Å². The molecule has 3 N–H and O–H groups in total. The first kappa shape index (κ1) is 22.1. The highest BCUT2D eigenvalue weighted by Crippen LogP contribution is 2.42. The highest BCUT2D eigenvalue weighted by molar-refractivity contribution is 6.06. The summed E-state index contributed by atoms with van der Waals surface area (Å²) < 4.78 is 28.0. The van der Waals surface area contributed by atoms with Crippen molar-refractivity contribution in [1.29, 1.82) is 0 Å². The molecular weight excluding hydrogens is 463 g/mol.